The molecule has 2 unspecified atom stereocenters. The van der Waals surface area contributed by atoms with Gasteiger partial charge >= 0.3 is 6.18 Å². The third kappa shape index (κ3) is 5.30. The van der Waals surface area contributed by atoms with Crippen LogP contribution in [-0.4, -0.2) is 28.8 Å². The molecule has 1 aliphatic rings. The molecule has 0 bridgehead atoms. The Kier molecular flexibility index (Phi) is 7.22. The largest absolute Gasteiger partial charge is 0.497 e. The van der Waals surface area contributed by atoms with Gasteiger partial charge in [0.15, 0.2) is 11.8 Å². The Hall–Kier alpha value is -4.07. The van der Waals surface area contributed by atoms with Crippen LogP contribution in [0.2, 0.25) is 0 Å². The van der Waals surface area contributed by atoms with Crippen molar-refractivity contribution in [1.29, 1.82) is 0 Å². The molecule has 1 aromatic heterocycles. The summed E-state index contributed by atoms with van der Waals surface area (Å²) in [6.45, 7) is 0. The van der Waals surface area contributed by atoms with E-state index in [0.717, 1.165) is 15.8 Å². The molecule has 3 aromatic carbocycles. The fourth-order valence-electron chi connectivity index (χ4n) is 5.13. The van der Waals surface area contributed by atoms with Crippen LogP contribution in [-0.2, 0) is 0 Å². The zero-order chi connectivity index (χ0) is 26.7. The van der Waals surface area contributed by atoms with Crippen LogP contribution >= 0.6 is 0 Å². The molecule has 1 aliphatic heterocycles. The summed E-state index contributed by atoms with van der Waals surface area (Å²) in [5.41, 5.74) is 3.02. The second-order valence-electron chi connectivity index (χ2n) is 9.45. The third-order valence-corrected chi connectivity index (χ3v) is 7.12. The highest BCUT2D eigenvalue weighted by Gasteiger charge is 2.47. The van der Waals surface area contributed by atoms with Crippen molar-refractivity contribution in [2.75, 3.05) is 12.4 Å². The average molecular weight is 520 g/mol. The molecule has 4 aromatic rings. The number of carbonyl (C=O) groups is 1. The number of carbonyl (C=O) groups excluding carboxylic acids is 1. The summed E-state index contributed by atoms with van der Waals surface area (Å²) >= 11 is 0. The summed E-state index contributed by atoms with van der Waals surface area (Å²) in [6.07, 6.45) is -2.80. The van der Waals surface area contributed by atoms with Gasteiger partial charge < -0.3 is 10.1 Å². The summed E-state index contributed by atoms with van der Waals surface area (Å²) in [5, 5.41) is 7.19. The first-order valence-electron chi connectivity index (χ1n) is 12.5. The van der Waals surface area contributed by atoms with Gasteiger partial charge in [0.1, 0.15) is 11.6 Å². The quantitative estimate of drug-likeness (QED) is 0.247. The molecular weight excluding hydrogens is 491 g/mol. The predicted octanol–water partition coefficient (Wildman–Crippen LogP) is 7.35. The number of nitrogens with zero attached hydrogens (tertiary/aromatic N) is 2. The van der Waals surface area contributed by atoms with Crippen molar-refractivity contribution in [2.24, 2.45) is 0 Å². The van der Waals surface area contributed by atoms with Gasteiger partial charge in [-0.2, -0.15) is 18.3 Å². The molecule has 5 nitrogen and oxygen atoms in total. The van der Waals surface area contributed by atoms with E-state index < -0.39 is 18.3 Å². The average Bonchev–Trinajstić information content (AvgIpc) is 3.37. The van der Waals surface area contributed by atoms with Crippen LogP contribution in [0.15, 0.2) is 91.1 Å². The Balaban J connectivity index is 1.41. The molecule has 8 heteroatoms. The monoisotopic (exact) mass is 519 g/mol. The Morgan fingerprint density at radius 2 is 1.61 bits per heavy atom. The number of anilines is 1. The normalized spacial score (nSPS) is 17.1. The molecule has 0 amide bonds. The molecule has 2 atom stereocenters. The van der Waals surface area contributed by atoms with Gasteiger partial charge in [-0.25, -0.2) is 4.68 Å². The smallest absolute Gasteiger partial charge is 0.410 e. The van der Waals surface area contributed by atoms with E-state index in [9.17, 15) is 18.0 Å². The third-order valence-electron chi connectivity index (χ3n) is 7.12. The van der Waals surface area contributed by atoms with Crippen LogP contribution in [0.1, 0.15) is 64.3 Å². The van der Waals surface area contributed by atoms with Crippen molar-refractivity contribution in [2.45, 2.75) is 43.4 Å². The lowest BCUT2D eigenvalue weighted by Gasteiger charge is -2.34. The Morgan fingerprint density at radius 3 is 2.16 bits per heavy atom. The summed E-state index contributed by atoms with van der Waals surface area (Å²) in [6, 6.07) is 24.3. The van der Waals surface area contributed by atoms with Gasteiger partial charge in [0.05, 0.1) is 24.9 Å². The van der Waals surface area contributed by atoms with Crippen LogP contribution < -0.4 is 10.1 Å². The van der Waals surface area contributed by atoms with Gasteiger partial charge in [0, 0.05) is 18.8 Å². The highest BCUT2D eigenvalue weighted by molar-refractivity contribution is 6.00. The van der Waals surface area contributed by atoms with E-state index in [1.165, 1.54) is 13.3 Å². The van der Waals surface area contributed by atoms with Gasteiger partial charge in [0.2, 0.25) is 0 Å². The molecule has 0 saturated heterocycles. The molecule has 0 aliphatic carbocycles. The van der Waals surface area contributed by atoms with E-state index in [2.05, 4.69) is 10.4 Å². The zero-order valence-electron chi connectivity index (χ0n) is 20.9. The van der Waals surface area contributed by atoms with Crippen molar-refractivity contribution >= 4 is 11.6 Å². The van der Waals surface area contributed by atoms with E-state index in [0.29, 0.717) is 17.7 Å². The van der Waals surface area contributed by atoms with E-state index in [1.807, 2.05) is 60.7 Å². The second-order valence-corrected chi connectivity index (χ2v) is 9.45. The minimum Gasteiger partial charge on any atom is -0.497 e. The number of benzene rings is 3. The maximum atomic E-state index is 14.1. The number of nitrogens with one attached hydrogen (secondary N) is 1. The van der Waals surface area contributed by atoms with Crippen molar-refractivity contribution in [3.8, 4) is 5.75 Å². The summed E-state index contributed by atoms with van der Waals surface area (Å²) in [4.78, 5) is 13.4. The Bertz CT molecular complexity index is 1330. The number of rotatable bonds is 8. The van der Waals surface area contributed by atoms with E-state index in [-0.39, 0.29) is 35.9 Å². The highest BCUT2D eigenvalue weighted by atomic mass is 19.4. The molecule has 1 N–H and O–H groups in total. The molecular formula is C30H28F3N3O2. The van der Waals surface area contributed by atoms with Crippen LogP contribution in [0, 0.1) is 0 Å². The number of halogens is 3. The lowest BCUT2D eigenvalue weighted by molar-refractivity contribution is -0.173. The highest BCUT2D eigenvalue weighted by Crippen LogP contribution is 2.45. The number of ether oxygens (including phenoxy) is 1. The van der Waals surface area contributed by atoms with Crippen LogP contribution in [0.5, 0.6) is 5.75 Å². The summed E-state index contributed by atoms with van der Waals surface area (Å²) in [5.74, 6) is 0.465. The van der Waals surface area contributed by atoms with Crippen molar-refractivity contribution < 1.29 is 22.7 Å². The topological polar surface area (TPSA) is 56.2 Å². The standard InChI is InChI=1S/C30H28F3N3O2/c1-38-23-14-12-22(13-15-23)26-18-28(30(31,32)33)36-29(35-26)25(19-34-36)27(37)17-16-24(20-8-4-2-5-9-20)21-10-6-3-7-11-21/h2-15,19,24,26,28,35H,16-18H2,1H3. The molecule has 0 fully saturated rings. The number of alkyl halides is 3. The van der Waals surface area contributed by atoms with Gasteiger partial charge in [0.25, 0.3) is 0 Å². The number of ketones is 1. The molecule has 5 rings (SSSR count). The van der Waals surface area contributed by atoms with Gasteiger partial charge in [-0.1, -0.05) is 72.8 Å². The summed E-state index contributed by atoms with van der Waals surface area (Å²) in [7, 11) is 1.53. The van der Waals surface area contributed by atoms with Crippen LogP contribution in [0.25, 0.3) is 0 Å². The van der Waals surface area contributed by atoms with Crippen molar-refractivity contribution in [1.82, 2.24) is 9.78 Å². The molecule has 0 radical (unpaired) electrons. The predicted molar refractivity (Wildman–Crippen MR) is 140 cm³/mol. The first-order valence-corrected chi connectivity index (χ1v) is 12.5. The second kappa shape index (κ2) is 10.7. The SMILES string of the molecule is COc1ccc(C2CC(C(F)(F)F)n3ncc(C(=O)CCC(c4ccccc4)c4ccccc4)c3N2)cc1. The van der Waals surface area contributed by atoms with Gasteiger partial charge in [-0.15, -0.1) is 0 Å². The first-order chi connectivity index (χ1) is 18.3. The molecule has 0 saturated carbocycles. The number of hydrogen-bond acceptors (Lipinski definition) is 4. The Morgan fingerprint density at radius 1 is 1.00 bits per heavy atom. The first kappa shape index (κ1) is 25.6. The molecule has 196 valence electrons. The van der Waals surface area contributed by atoms with Crippen molar-refractivity contribution in [3.63, 3.8) is 0 Å². The fraction of sp³-hybridized carbons (Fsp3) is 0.267. The lowest BCUT2D eigenvalue weighted by Crippen LogP contribution is -2.36. The molecule has 0 spiro atoms. The van der Waals surface area contributed by atoms with Crippen LogP contribution in [0.4, 0.5) is 19.0 Å². The maximum Gasteiger partial charge on any atom is 0.410 e. The van der Waals surface area contributed by atoms with Gasteiger partial charge in [-0.05, 0) is 35.2 Å². The minimum absolute atomic E-state index is 0.0179. The molecule has 38 heavy (non-hydrogen) atoms. The van der Waals surface area contributed by atoms with E-state index in [4.69, 9.17) is 4.74 Å². The summed E-state index contributed by atoms with van der Waals surface area (Å²) < 4.78 is 48.3. The number of aromatic nitrogens is 2. The minimum atomic E-state index is -4.51. The molecule has 2 heterocycles. The lowest BCUT2D eigenvalue weighted by atomic mass is 9.86. The number of methoxy groups -OCH3 is 1. The van der Waals surface area contributed by atoms with E-state index in [1.54, 1.807) is 24.3 Å². The number of hydrogen-bond donors (Lipinski definition) is 1. The van der Waals surface area contributed by atoms with Gasteiger partial charge in [-0.3, -0.25) is 4.79 Å². The zero-order valence-corrected chi connectivity index (χ0v) is 20.9. The number of fused-ring (bicyclic) bond motifs is 1. The Labute approximate surface area is 219 Å². The number of Topliss-reactive ketones (excluding diaryl/α,β-unsaturated/α-hetero) is 1. The van der Waals surface area contributed by atoms with Crippen LogP contribution in [0.3, 0.4) is 0 Å². The van der Waals surface area contributed by atoms with Crippen molar-refractivity contribution in [3.05, 3.63) is 113 Å². The van der Waals surface area contributed by atoms with E-state index >= 15 is 0 Å². The fourth-order valence-corrected chi connectivity index (χ4v) is 5.13. The maximum absolute atomic E-state index is 14.1.